The Morgan fingerprint density at radius 1 is 1.07 bits per heavy atom. The number of carbonyl (C=O) groups excluding carboxylic acids is 2. The summed E-state index contributed by atoms with van der Waals surface area (Å²) in [6.07, 6.45) is -0.880. The molecule has 2 aliphatic rings. The maximum absolute atomic E-state index is 13.2. The smallest absolute Gasteiger partial charge is 0.320 e. The standard InChI is InChI=1S/C21H20O7/c1-11(2)27-13-5-7-15-14(9-13)19(22)18(21(23)24-3)20(28-15)12-4-6-16-17(8-12)26-10-25-16/h4-9,11,18,20H,10H2,1-3H3. The first-order valence-corrected chi connectivity index (χ1v) is 8.97. The van der Waals surface area contributed by atoms with E-state index in [1.54, 1.807) is 36.4 Å². The molecule has 0 saturated heterocycles. The highest BCUT2D eigenvalue weighted by atomic mass is 16.7. The van der Waals surface area contributed by atoms with Gasteiger partial charge < -0.3 is 23.7 Å². The second-order valence-electron chi connectivity index (χ2n) is 6.84. The molecule has 0 bridgehead atoms. The number of ether oxygens (including phenoxy) is 5. The number of methoxy groups -OCH3 is 1. The summed E-state index contributed by atoms with van der Waals surface area (Å²) in [5, 5.41) is 0. The second-order valence-corrected chi connectivity index (χ2v) is 6.84. The van der Waals surface area contributed by atoms with Gasteiger partial charge in [0.05, 0.1) is 18.8 Å². The van der Waals surface area contributed by atoms with Crippen molar-refractivity contribution >= 4 is 11.8 Å². The minimum Gasteiger partial charge on any atom is -0.491 e. The van der Waals surface area contributed by atoms with Crippen molar-refractivity contribution in [3.63, 3.8) is 0 Å². The molecule has 0 amide bonds. The highest BCUT2D eigenvalue weighted by Crippen LogP contribution is 2.43. The summed E-state index contributed by atoms with van der Waals surface area (Å²) in [6, 6.07) is 10.2. The van der Waals surface area contributed by atoms with Crippen LogP contribution >= 0.6 is 0 Å². The van der Waals surface area contributed by atoms with E-state index in [1.165, 1.54) is 7.11 Å². The number of hydrogen-bond donors (Lipinski definition) is 0. The Hall–Kier alpha value is -3.22. The highest BCUT2D eigenvalue weighted by Gasteiger charge is 2.44. The van der Waals surface area contributed by atoms with E-state index in [9.17, 15) is 9.59 Å². The van der Waals surface area contributed by atoms with Crippen molar-refractivity contribution in [2.45, 2.75) is 26.1 Å². The first-order valence-electron chi connectivity index (χ1n) is 8.97. The van der Waals surface area contributed by atoms with Crippen molar-refractivity contribution in [3.05, 3.63) is 47.5 Å². The summed E-state index contributed by atoms with van der Waals surface area (Å²) in [5.41, 5.74) is 0.923. The molecule has 0 aliphatic carbocycles. The van der Waals surface area contributed by atoms with Crippen molar-refractivity contribution in [2.75, 3.05) is 13.9 Å². The monoisotopic (exact) mass is 384 g/mol. The van der Waals surface area contributed by atoms with Gasteiger partial charge in [0, 0.05) is 0 Å². The van der Waals surface area contributed by atoms with Gasteiger partial charge in [0.15, 0.2) is 23.2 Å². The average molecular weight is 384 g/mol. The maximum atomic E-state index is 13.2. The van der Waals surface area contributed by atoms with Crippen LogP contribution in [0.25, 0.3) is 0 Å². The topological polar surface area (TPSA) is 80.3 Å². The van der Waals surface area contributed by atoms with Crippen molar-refractivity contribution in [1.29, 1.82) is 0 Å². The van der Waals surface area contributed by atoms with Gasteiger partial charge in [-0.05, 0) is 49.7 Å². The Morgan fingerprint density at radius 2 is 1.82 bits per heavy atom. The highest BCUT2D eigenvalue weighted by molar-refractivity contribution is 6.11. The van der Waals surface area contributed by atoms with Gasteiger partial charge in [0.25, 0.3) is 0 Å². The Bertz CT molecular complexity index is 934. The fourth-order valence-corrected chi connectivity index (χ4v) is 3.37. The van der Waals surface area contributed by atoms with Crippen molar-refractivity contribution in [2.24, 2.45) is 5.92 Å². The first-order chi connectivity index (χ1) is 13.5. The molecule has 2 unspecified atom stereocenters. The predicted octanol–water partition coefficient (Wildman–Crippen LogP) is 3.31. The molecule has 0 saturated carbocycles. The summed E-state index contributed by atoms with van der Waals surface area (Å²) < 4.78 is 27.3. The van der Waals surface area contributed by atoms with E-state index in [-0.39, 0.29) is 18.7 Å². The fourth-order valence-electron chi connectivity index (χ4n) is 3.37. The Balaban J connectivity index is 1.75. The molecule has 7 nitrogen and oxygen atoms in total. The maximum Gasteiger partial charge on any atom is 0.320 e. The summed E-state index contributed by atoms with van der Waals surface area (Å²) in [5.74, 6) is -0.0783. The lowest BCUT2D eigenvalue weighted by atomic mass is 9.85. The third-order valence-electron chi connectivity index (χ3n) is 4.61. The Kier molecular flexibility index (Phi) is 4.58. The van der Waals surface area contributed by atoms with Crippen molar-refractivity contribution in [1.82, 2.24) is 0 Å². The molecular formula is C21H20O7. The lowest BCUT2D eigenvalue weighted by Gasteiger charge is -2.31. The third kappa shape index (κ3) is 3.13. The SMILES string of the molecule is COC(=O)C1C(=O)c2cc(OC(C)C)ccc2OC1c1ccc2c(c1)OCO2. The first kappa shape index (κ1) is 18.2. The zero-order valence-electron chi connectivity index (χ0n) is 15.8. The largest absolute Gasteiger partial charge is 0.491 e. The molecule has 4 rings (SSSR count). The van der Waals surface area contributed by atoms with Gasteiger partial charge in [0.1, 0.15) is 17.6 Å². The number of carbonyl (C=O) groups is 2. The van der Waals surface area contributed by atoms with E-state index in [0.717, 1.165) is 0 Å². The summed E-state index contributed by atoms with van der Waals surface area (Å²) >= 11 is 0. The number of fused-ring (bicyclic) bond motifs is 2. The van der Waals surface area contributed by atoms with E-state index in [0.29, 0.717) is 34.1 Å². The van der Waals surface area contributed by atoms with E-state index >= 15 is 0 Å². The molecule has 146 valence electrons. The zero-order valence-corrected chi connectivity index (χ0v) is 15.8. The quantitative estimate of drug-likeness (QED) is 0.591. The lowest BCUT2D eigenvalue weighted by molar-refractivity contribution is -0.146. The van der Waals surface area contributed by atoms with Crippen LogP contribution < -0.4 is 18.9 Å². The Morgan fingerprint density at radius 3 is 2.57 bits per heavy atom. The Labute approximate surface area is 162 Å². The molecule has 0 spiro atoms. The van der Waals surface area contributed by atoms with Gasteiger partial charge >= 0.3 is 5.97 Å². The summed E-state index contributed by atoms with van der Waals surface area (Å²) in [7, 11) is 1.25. The van der Waals surface area contributed by atoms with E-state index in [2.05, 4.69) is 0 Å². The van der Waals surface area contributed by atoms with Crippen LogP contribution in [0.5, 0.6) is 23.0 Å². The van der Waals surface area contributed by atoms with Gasteiger partial charge in [-0.1, -0.05) is 6.07 Å². The molecule has 7 heteroatoms. The van der Waals surface area contributed by atoms with Crippen LogP contribution in [0, 0.1) is 5.92 Å². The fraction of sp³-hybridized carbons (Fsp3) is 0.333. The van der Waals surface area contributed by atoms with Crippen LogP contribution in [0.3, 0.4) is 0 Å². The molecule has 2 aliphatic heterocycles. The number of Topliss-reactive ketones (excluding diaryl/α,β-unsaturated/α-hetero) is 1. The molecule has 2 aromatic rings. The molecular weight excluding hydrogens is 364 g/mol. The number of ketones is 1. The van der Waals surface area contributed by atoms with Gasteiger partial charge in [-0.3, -0.25) is 9.59 Å². The molecule has 0 radical (unpaired) electrons. The minimum atomic E-state index is -1.13. The van der Waals surface area contributed by atoms with Gasteiger partial charge in [-0.15, -0.1) is 0 Å². The van der Waals surface area contributed by atoms with E-state index < -0.39 is 18.0 Å². The van der Waals surface area contributed by atoms with Gasteiger partial charge in [0.2, 0.25) is 6.79 Å². The molecule has 0 aromatic heterocycles. The van der Waals surface area contributed by atoms with Crippen LogP contribution in [0.1, 0.15) is 35.9 Å². The van der Waals surface area contributed by atoms with Gasteiger partial charge in [-0.25, -0.2) is 0 Å². The molecule has 2 heterocycles. The van der Waals surface area contributed by atoms with Gasteiger partial charge in [-0.2, -0.15) is 0 Å². The normalized spacial score (nSPS) is 19.8. The molecule has 2 atom stereocenters. The van der Waals surface area contributed by atoms with Crippen LogP contribution in [-0.2, 0) is 9.53 Å². The number of benzene rings is 2. The third-order valence-corrected chi connectivity index (χ3v) is 4.61. The van der Waals surface area contributed by atoms with Crippen molar-refractivity contribution < 1.29 is 33.3 Å². The summed E-state index contributed by atoms with van der Waals surface area (Å²) in [4.78, 5) is 25.6. The van der Waals surface area contributed by atoms with Crippen LogP contribution in [-0.4, -0.2) is 31.8 Å². The van der Waals surface area contributed by atoms with Crippen LogP contribution in [0.4, 0.5) is 0 Å². The predicted molar refractivity (Wildman–Crippen MR) is 98.0 cm³/mol. The van der Waals surface area contributed by atoms with Crippen LogP contribution in [0.2, 0.25) is 0 Å². The van der Waals surface area contributed by atoms with E-state index in [1.807, 2.05) is 13.8 Å². The lowest BCUT2D eigenvalue weighted by Crippen LogP contribution is -2.37. The molecule has 0 fully saturated rings. The number of hydrogen-bond acceptors (Lipinski definition) is 7. The molecule has 0 N–H and O–H groups in total. The van der Waals surface area contributed by atoms with Crippen molar-refractivity contribution in [3.8, 4) is 23.0 Å². The minimum absolute atomic E-state index is 0.0459. The zero-order chi connectivity index (χ0) is 19.8. The number of rotatable bonds is 4. The van der Waals surface area contributed by atoms with Crippen LogP contribution in [0.15, 0.2) is 36.4 Å². The van der Waals surface area contributed by atoms with E-state index in [4.69, 9.17) is 23.7 Å². The number of esters is 1. The average Bonchev–Trinajstić information content (AvgIpc) is 3.15. The molecule has 2 aromatic carbocycles. The second kappa shape index (κ2) is 7.07. The summed E-state index contributed by atoms with van der Waals surface area (Å²) in [6.45, 7) is 3.92. The molecule has 28 heavy (non-hydrogen) atoms.